The fourth-order valence-corrected chi connectivity index (χ4v) is 1.73. The molecule has 2 nitrogen and oxygen atoms in total. The van der Waals surface area contributed by atoms with Crippen molar-refractivity contribution in [3.8, 4) is 0 Å². The summed E-state index contributed by atoms with van der Waals surface area (Å²) < 4.78 is 0. The van der Waals surface area contributed by atoms with Crippen molar-refractivity contribution in [2.45, 2.75) is 39.2 Å². The predicted molar refractivity (Wildman–Crippen MR) is 61.9 cm³/mol. The van der Waals surface area contributed by atoms with Crippen molar-refractivity contribution in [2.24, 2.45) is 0 Å². The first kappa shape index (κ1) is 11.3. The second kappa shape index (κ2) is 4.65. The van der Waals surface area contributed by atoms with Crippen LogP contribution in [-0.4, -0.2) is 10.5 Å². The van der Waals surface area contributed by atoms with Gasteiger partial charge in [0, 0.05) is 17.4 Å². The molecular weight excluding hydrogens is 196 g/mol. The molecule has 0 atom stereocenters. The molecule has 0 fully saturated rings. The van der Waals surface area contributed by atoms with Crippen LogP contribution in [0.15, 0.2) is 18.3 Å². The number of pyridine rings is 1. The predicted octanol–water partition coefficient (Wildman–Crippen LogP) is 3.73. The summed E-state index contributed by atoms with van der Waals surface area (Å²) in [5, 5.41) is 3.97. The van der Waals surface area contributed by atoms with Gasteiger partial charge in [0.15, 0.2) is 0 Å². The lowest BCUT2D eigenvalue weighted by Gasteiger charge is -2.27. The van der Waals surface area contributed by atoms with Crippen LogP contribution in [0.4, 0.5) is 5.69 Å². The van der Waals surface area contributed by atoms with E-state index in [9.17, 15) is 0 Å². The maximum absolute atomic E-state index is 5.80. The summed E-state index contributed by atoms with van der Waals surface area (Å²) >= 11 is 5.80. The molecule has 0 aliphatic rings. The third-order valence-corrected chi connectivity index (χ3v) is 2.29. The molecule has 1 rings (SSSR count). The highest BCUT2D eigenvalue weighted by Gasteiger charge is 2.15. The number of nitrogens with one attached hydrogen (secondary N) is 1. The molecule has 0 unspecified atom stereocenters. The van der Waals surface area contributed by atoms with Gasteiger partial charge in [-0.3, -0.25) is 0 Å². The van der Waals surface area contributed by atoms with Gasteiger partial charge >= 0.3 is 0 Å². The first-order valence-corrected chi connectivity index (χ1v) is 5.31. The van der Waals surface area contributed by atoms with Gasteiger partial charge in [-0.25, -0.2) is 4.98 Å². The first-order chi connectivity index (χ1) is 6.53. The van der Waals surface area contributed by atoms with Gasteiger partial charge in [-0.05, 0) is 32.4 Å². The molecule has 0 saturated heterocycles. The molecule has 0 spiro atoms. The monoisotopic (exact) mass is 212 g/mol. The van der Waals surface area contributed by atoms with Crippen molar-refractivity contribution >= 4 is 17.3 Å². The SMILES string of the molecule is CCCC(C)(C)Nc1ccnc(Cl)c1. The van der Waals surface area contributed by atoms with Crippen molar-refractivity contribution in [3.05, 3.63) is 23.5 Å². The summed E-state index contributed by atoms with van der Waals surface area (Å²) in [4.78, 5) is 3.94. The quantitative estimate of drug-likeness (QED) is 0.770. The van der Waals surface area contributed by atoms with E-state index in [2.05, 4.69) is 31.1 Å². The van der Waals surface area contributed by atoms with Gasteiger partial charge in [-0.1, -0.05) is 24.9 Å². The Morgan fingerprint density at radius 3 is 2.79 bits per heavy atom. The largest absolute Gasteiger partial charge is 0.380 e. The molecule has 0 amide bonds. The van der Waals surface area contributed by atoms with E-state index < -0.39 is 0 Å². The normalized spacial score (nSPS) is 11.4. The van der Waals surface area contributed by atoms with E-state index in [1.54, 1.807) is 6.20 Å². The summed E-state index contributed by atoms with van der Waals surface area (Å²) in [5.41, 5.74) is 1.14. The fraction of sp³-hybridized carbons (Fsp3) is 0.545. The molecule has 0 bridgehead atoms. The molecule has 1 aromatic heterocycles. The average molecular weight is 213 g/mol. The van der Waals surface area contributed by atoms with Gasteiger partial charge in [0.25, 0.3) is 0 Å². The number of hydrogen-bond donors (Lipinski definition) is 1. The molecule has 1 N–H and O–H groups in total. The number of hydrogen-bond acceptors (Lipinski definition) is 2. The van der Waals surface area contributed by atoms with Gasteiger partial charge in [0.2, 0.25) is 0 Å². The van der Waals surface area contributed by atoms with E-state index in [1.165, 1.54) is 6.42 Å². The van der Waals surface area contributed by atoms with Gasteiger partial charge in [0.1, 0.15) is 5.15 Å². The number of anilines is 1. The van der Waals surface area contributed by atoms with E-state index in [1.807, 2.05) is 12.1 Å². The average Bonchev–Trinajstić information content (AvgIpc) is 2.02. The second-order valence-electron chi connectivity index (χ2n) is 4.13. The molecule has 1 aromatic rings. The van der Waals surface area contributed by atoms with Crippen LogP contribution in [0, 0.1) is 0 Å². The Bertz CT molecular complexity index is 297. The van der Waals surface area contributed by atoms with Crippen LogP contribution in [0.3, 0.4) is 0 Å². The minimum absolute atomic E-state index is 0.111. The van der Waals surface area contributed by atoms with Crippen molar-refractivity contribution < 1.29 is 0 Å². The van der Waals surface area contributed by atoms with E-state index in [-0.39, 0.29) is 5.54 Å². The van der Waals surface area contributed by atoms with Crippen LogP contribution >= 0.6 is 11.6 Å². The number of rotatable bonds is 4. The Hall–Kier alpha value is -0.760. The summed E-state index contributed by atoms with van der Waals surface area (Å²) in [6, 6.07) is 3.78. The van der Waals surface area contributed by atoms with Crippen molar-refractivity contribution in [3.63, 3.8) is 0 Å². The standard InChI is InChI=1S/C11H17ClN2/c1-4-6-11(2,3)14-9-5-7-13-10(12)8-9/h5,7-8H,4,6H2,1-3H3,(H,13,14). The molecule has 1 heterocycles. The van der Waals surface area contributed by atoms with E-state index in [0.717, 1.165) is 12.1 Å². The fourth-order valence-electron chi connectivity index (χ4n) is 1.56. The lowest BCUT2D eigenvalue weighted by atomic mass is 9.99. The third kappa shape index (κ3) is 3.54. The highest BCUT2D eigenvalue weighted by molar-refractivity contribution is 6.29. The molecule has 0 aromatic carbocycles. The summed E-state index contributed by atoms with van der Waals surface area (Å²) in [7, 11) is 0. The van der Waals surface area contributed by atoms with Crippen LogP contribution in [0.25, 0.3) is 0 Å². The van der Waals surface area contributed by atoms with Crippen LogP contribution in [0.1, 0.15) is 33.6 Å². The Morgan fingerprint density at radius 2 is 2.21 bits per heavy atom. The first-order valence-electron chi connectivity index (χ1n) is 4.93. The maximum atomic E-state index is 5.80. The van der Waals surface area contributed by atoms with Gasteiger partial charge in [-0.15, -0.1) is 0 Å². The summed E-state index contributed by atoms with van der Waals surface area (Å²) in [6.45, 7) is 6.55. The van der Waals surface area contributed by atoms with Crippen LogP contribution in [-0.2, 0) is 0 Å². The van der Waals surface area contributed by atoms with Crippen molar-refractivity contribution in [1.82, 2.24) is 4.98 Å². The molecule has 78 valence electrons. The lowest BCUT2D eigenvalue weighted by molar-refractivity contribution is 0.511. The Kier molecular flexibility index (Phi) is 3.76. The zero-order valence-electron chi connectivity index (χ0n) is 8.97. The van der Waals surface area contributed by atoms with Crippen LogP contribution < -0.4 is 5.32 Å². The molecular formula is C11H17ClN2. The van der Waals surface area contributed by atoms with Gasteiger partial charge in [0.05, 0.1) is 0 Å². The van der Waals surface area contributed by atoms with Gasteiger partial charge in [-0.2, -0.15) is 0 Å². The Balaban J connectivity index is 2.68. The topological polar surface area (TPSA) is 24.9 Å². The molecule has 0 saturated carbocycles. The number of halogens is 1. The highest BCUT2D eigenvalue weighted by Crippen LogP contribution is 2.20. The Labute approximate surface area is 90.7 Å². The molecule has 0 aliphatic heterocycles. The van der Waals surface area contributed by atoms with E-state index in [4.69, 9.17) is 11.6 Å². The third-order valence-electron chi connectivity index (χ3n) is 2.08. The van der Waals surface area contributed by atoms with Crippen LogP contribution in [0.5, 0.6) is 0 Å². The van der Waals surface area contributed by atoms with E-state index >= 15 is 0 Å². The zero-order chi connectivity index (χ0) is 10.6. The number of aromatic nitrogens is 1. The van der Waals surface area contributed by atoms with Crippen LogP contribution in [0.2, 0.25) is 5.15 Å². The lowest BCUT2D eigenvalue weighted by Crippen LogP contribution is -2.30. The minimum atomic E-state index is 0.111. The maximum Gasteiger partial charge on any atom is 0.131 e. The molecule has 0 radical (unpaired) electrons. The summed E-state index contributed by atoms with van der Waals surface area (Å²) in [5.74, 6) is 0. The number of nitrogens with zero attached hydrogens (tertiary/aromatic N) is 1. The molecule has 3 heteroatoms. The second-order valence-corrected chi connectivity index (χ2v) is 4.51. The molecule has 0 aliphatic carbocycles. The minimum Gasteiger partial charge on any atom is -0.380 e. The highest BCUT2D eigenvalue weighted by atomic mass is 35.5. The van der Waals surface area contributed by atoms with Crippen molar-refractivity contribution in [1.29, 1.82) is 0 Å². The van der Waals surface area contributed by atoms with E-state index in [0.29, 0.717) is 5.15 Å². The summed E-state index contributed by atoms with van der Waals surface area (Å²) in [6.07, 6.45) is 4.01. The molecule has 14 heavy (non-hydrogen) atoms. The Morgan fingerprint density at radius 1 is 1.50 bits per heavy atom. The van der Waals surface area contributed by atoms with Gasteiger partial charge < -0.3 is 5.32 Å². The smallest absolute Gasteiger partial charge is 0.131 e. The van der Waals surface area contributed by atoms with Crippen molar-refractivity contribution in [2.75, 3.05) is 5.32 Å². The zero-order valence-corrected chi connectivity index (χ0v) is 9.73.